The zero-order chi connectivity index (χ0) is 7.40. The van der Waals surface area contributed by atoms with Crippen molar-refractivity contribution < 1.29 is 4.79 Å². The lowest BCUT2D eigenvalue weighted by Crippen LogP contribution is -2.23. The van der Waals surface area contributed by atoms with Crippen molar-refractivity contribution in [3.05, 3.63) is 0 Å². The monoisotopic (exact) mass is 139 g/mol. The molecule has 0 aliphatic carbocycles. The van der Waals surface area contributed by atoms with Crippen molar-refractivity contribution in [2.24, 2.45) is 10.2 Å². The first kappa shape index (κ1) is 6.92. The number of hydrogen-bond acceptors (Lipinski definition) is 3. The first-order chi connectivity index (χ1) is 4.83. The molecule has 1 amide bonds. The summed E-state index contributed by atoms with van der Waals surface area (Å²) in [6.45, 7) is 1.92. The quantitative estimate of drug-likeness (QED) is 0.522. The van der Waals surface area contributed by atoms with E-state index in [4.69, 9.17) is 0 Å². The Kier molecular flexibility index (Phi) is 2.15. The van der Waals surface area contributed by atoms with E-state index in [0.29, 0.717) is 12.2 Å². The van der Waals surface area contributed by atoms with E-state index in [9.17, 15) is 4.79 Å². The maximum Gasteiger partial charge on any atom is 0.212 e. The van der Waals surface area contributed by atoms with Gasteiger partial charge in [0.1, 0.15) is 5.84 Å². The van der Waals surface area contributed by atoms with Crippen molar-refractivity contribution in [1.29, 1.82) is 0 Å². The maximum atomic E-state index is 9.91. The van der Waals surface area contributed by atoms with Crippen molar-refractivity contribution in [1.82, 2.24) is 5.32 Å². The number of amidine groups is 1. The lowest BCUT2D eigenvalue weighted by Gasteiger charge is -2.06. The first-order valence-corrected chi connectivity index (χ1v) is 3.13. The summed E-state index contributed by atoms with van der Waals surface area (Å²) in [5.41, 5.74) is 1.01. The topological polar surface area (TPSA) is 53.8 Å². The van der Waals surface area contributed by atoms with Gasteiger partial charge in [0.15, 0.2) is 0 Å². The van der Waals surface area contributed by atoms with E-state index >= 15 is 0 Å². The molecule has 1 N–H and O–H groups in total. The zero-order valence-electron chi connectivity index (χ0n) is 5.79. The van der Waals surface area contributed by atoms with Crippen LogP contribution in [0.25, 0.3) is 0 Å². The highest BCUT2D eigenvalue weighted by Gasteiger charge is 2.03. The van der Waals surface area contributed by atoms with Gasteiger partial charge in [-0.1, -0.05) is 0 Å². The Morgan fingerprint density at radius 3 is 2.80 bits per heavy atom. The van der Waals surface area contributed by atoms with Crippen LogP contribution < -0.4 is 5.32 Å². The average Bonchev–Trinajstić information content (AvgIpc) is 1.95. The van der Waals surface area contributed by atoms with Crippen LogP contribution in [-0.4, -0.2) is 18.0 Å². The summed E-state index contributed by atoms with van der Waals surface area (Å²) in [6, 6.07) is 0. The fourth-order valence-electron chi connectivity index (χ4n) is 0.714. The van der Waals surface area contributed by atoms with E-state index in [1.807, 2.05) is 6.92 Å². The number of carbonyl (C=O) groups is 1. The van der Waals surface area contributed by atoms with Gasteiger partial charge in [-0.25, -0.2) is 0 Å². The molecule has 1 rings (SSSR count). The van der Waals surface area contributed by atoms with Gasteiger partial charge in [0, 0.05) is 12.1 Å². The summed E-state index contributed by atoms with van der Waals surface area (Å²) in [7, 11) is 0. The summed E-state index contributed by atoms with van der Waals surface area (Å²) in [4.78, 5) is 9.91. The average molecular weight is 139 g/mol. The fraction of sp³-hybridized carbons (Fsp3) is 0.500. The van der Waals surface area contributed by atoms with Crippen LogP contribution in [0.5, 0.6) is 0 Å². The Labute approximate surface area is 59.0 Å². The van der Waals surface area contributed by atoms with E-state index in [2.05, 4.69) is 15.5 Å². The Morgan fingerprint density at radius 2 is 2.30 bits per heavy atom. The van der Waals surface area contributed by atoms with Crippen LogP contribution in [0.15, 0.2) is 10.2 Å². The second kappa shape index (κ2) is 3.10. The van der Waals surface area contributed by atoms with Gasteiger partial charge in [0.25, 0.3) is 0 Å². The van der Waals surface area contributed by atoms with E-state index in [1.54, 1.807) is 0 Å². The standard InChI is InChI=1S/C6H9N3O/c1-5-2-3-6(7-4-10)9-8-5/h4H,2-3H2,1H3,(H,7,9,10). The van der Waals surface area contributed by atoms with Gasteiger partial charge in [-0.3, -0.25) is 4.79 Å². The minimum atomic E-state index is 0.620. The van der Waals surface area contributed by atoms with E-state index in [-0.39, 0.29) is 0 Å². The van der Waals surface area contributed by atoms with Crippen LogP contribution in [-0.2, 0) is 4.79 Å². The number of carbonyl (C=O) groups excluding carboxylic acids is 1. The highest BCUT2D eigenvalue weighted by molar-refractivity contribution is 5.96. The molecule has 0 spiro atoms. The Morgan fingerprint density at radius 1 is 1.50 bits per heavy atom. The molecule has 0 saturated carbocycles. The molecule has 0 unspecified atom stereocenters. The summed E-state index contributed by atoms with van der Waals surface area (Å²) in [5.74, 6) is 0.653. The highest BCUT2D eigenvalue weighted by Crippen LogP contribution is 2.00. The second-order valence-corrected chi connectivity index (χ2v) is 2.14. The molecule has 0 aromatic carbocycles. The maximum absolute atomic E-state index is 9.91. The predicted octanol–water partition coefficient (Wildman–Crippen LogP) is 0.301. The number of nitrogens with zero attached hydrogens (tertiary/aromatic N) is 2. The SMILES string of the molecule is CC1=NN=C(NC=O)CC1. The smallest absolute Gasteiger partial charge is 0.212 e. The molecule has 0 aromatic heterocycles. The first-order valence-electron chi connectivity index (χ1n) is 3.13. The third-order valence-electron chi connectivity index (χ3n) is 1.29. The lowest BCUT2D eigenvalue weighted by atomic mass is 10.2. The molecule has 54 valence electrons. The Bertz CT molecular complexity index is 195. The largest absolute Gasteiger partial charge is 0.315 e. The normalized spacial score (nSPS) is 17.3. The molecule has 0 aromatic rings. The third-order valence-corrected chi connectivity index (χ3v) is 1.29. The molecule has 10 heavy (non-hydrogen) atoms. The van der Waals surface area contributed by atoms with Crippen molar-refractivity contribution in [3.8, 4) is 0 Å². The highest BCUT2D eigenvalue weighted by atomic mass is 16.1. The van der Waals surface area contributed by atoms with Gasteiger partial charge >= 0.3 is 0 Å². The molecule has 0 fully saturated rings. The molecule has 1 heterocycles. The minimum absolute atomic E-state index is 0.620. The van der Waals surface area contributed by atoms with Crippen molar-refractivity contribution in [2.45, 2.75) is 19.8 Å². The van der Waals surface area contributed by atoms with Crippen LogP contribution in [0.2, 0.25) is 0 Å². The zero-order valence-corrected chi connectivity index (χ0v) is 5.79. The van der Waals surface area contributed by atoms with Gasteiger partial charge in [-0.2, -0.15) is 5.10 Å². The molecule has 1 aliphatic heterocycles. The van der Waals surface area contributed by atoms with Crippen molar-refractivity contribution in [3.63, 3.8) is 0 Å². The van der Waals surface area contributed by atoms with Crippen LogP contribution >= 0.6 is 0 Å². The fourth-order valence-corrected chi connectivity index (χ4v) is 0.714. The lowest BCUT2D eigenvalue weighted by molar-refractivity contribution is -0.108. The summed E-state index contributed by atoms with van der Waals surface area (Å²) in [5, 5.41) is 10.0. The second-order valence-electron chi connectivity index (χ2n) is 2.14. The molecule has 1 aliphatic rings. The summed E-state index contributed by atoms with van der Waals surface area (Å²) >= 11 is 0. The molecule has 0 radical (unpaired) electrons. The summed E-state index contributed by atoms with van der Waals surface area (Å²) < 4.78 is 0. The van der Waals surface area contributed by atoms with Gasteiger partial charge in [-0.05, 0) is 13.3 Å². The number of hydrogen-bond donors (Lipinski definition) is 1. The molecular weight excluding hydrogens is 130 g/mol. The van der Waals surface area contributed by atoms with Gasteiger partial charge in [0.2, 0.25) is 6.41 Å². The third kappa shape index (κ3) is 1.65. The van der Waals surface area contributed by atoms with E-state index in [1.165, 1.54) is 0 Å². The minimum Gasteiger partial charge on any atom is -0.315 e. The molecule has 0 bridgehead atoms. The molecular formula is C6H9N3O. The Hall–Kier alpha value is -1.19. The van der Waals surface area contributed by atoms with Crippen LogP contribution in [0.3, 0.4) is 0 Å². The van der Waals surface area contributed by atoms with Gasteiger partial charge < -0.3 is 5.32 Å². The van der Waals surface area contributed by atoms with E-state index in [0.717, 1.165) is 18.6 Å². The number of amides is 1. The predicted molar refractivity (Wildman–Crippen MR) is 39.0 cm³/mol. The van der Waals surface area contributed by atoms with Crippen LogP contribution in [0, 0.1) is 0 Å². The summed E-state index contributed by atoms with van der Waals surface area (Å²) in [6.07, 6.45) is 2.29. The van der Waals surface area contributed by atoms with E-state index < -0.39 is 0 Å². The van der Waals surface area contributed by atoms with Crippen LogP contribution in [0.1, 0.15) is 19.8 Å². The van der Waals surface area contributed by atoms with Crippen molar-refractivity contribution in [2.75, 3.05) is 0 Å². The van der Waals surface area contributed by atoms with Crippen molar-refractivity contribution >= 4 is 18.0 Å². The van der Waals surface area contributed by atoms with Gasteiger partial charge in [0.05, 0.1) is 0 Å². The molecule has 4 heteroatoms. The van der Waals surface area contributed by atoms with Crippen LogP contribution in [0.4, 0.5) is 0 Å². The molecule has 0 saturated heterocycles. The number of rotatable bonds is 1. The number of nitrogens with one attached hydrogen (secondary N) is 1. The van der Waals surface area contributed by atoms with Gasteiger partial charge in [-0.15, -0.1) is 5.10 Å². The molecule has 4 nitrogen and oxygen atoms in total. The molecule has 0 atom stereocenters. The Balaban J connectivity index is 2.55.